The number of carbonyl (C=O) groups excluding carboxylic acids is 2. The second kappa shape index (κ2) is 11.1. The van der Waals surface area contributed by atoms with Crippen LogP contribution in [0.15, 0.2) is 60.7 Å². The average molecular weight is 441 g/mol. The number of hydrogen-bond donors (Lipinski definition) is 0. The highest BCUT2D eigenvalue weighted by molar-refractivity contribution is 5.76. The summed E-state index contributed by atoms with van der Waals surface area (Å²) in [6, 6.07) is 19.2. The van der Waals surface area contributed by atoms with Crippen molar-refractivity contribution in [2.75, 3.05) is 14.2 Å². The number of ether oxygens (including phenoxy) is 1. The second-order valence-electron chi connectivity index (χ2n) is 8.68. The number of hydrogen-bond acceptors (Lipinski definition) is 4. The van der Waals surface area contributed by atoms with Crippen molar-refractivity contribution in [1.82, 2.24) is 9.96 Å². The van der Waals surface area contributed by atoms with Crippen LogP contribution in [0.4, 0.5) is 4.79 Å². The van der Waals surface area contributed by atoms with E-state index in [2.05, 4.69) is 0 Å². The van der Waals surface area contributed by atoms with Crippen molar-refractivity contribution in [1.29, 1.82) is 0 Å². The summed E-state index contributed by atoms with van der Waals surface area (Å²) in [5, 5.41) is 1.21. The standard InChI is InChI=1S/C26H36N2O4/c1-19(2)28(20(3)4)25(30)32-26(5,22-16-12-9-13-17-22)23(18-24(29)27(6)31-7)21-14-10-8-11-15-21/h8-17,19-20,23H,18H2,1-7H3/t23-,26+/m0/s1. The van der Waals surface area contributed by atoms with E-state index in [4.69, 9.17) is 9.57 Å². The Bertz CT molecular complexity index is 862. The van der Waals surface area contributed by atoms with E-state index in [0.29, 0.717) is 0 Å². The van der Waals surface area contributed by atoms with Gasteiger partial charge in [-0.3, -0.25) is 9.63 Å². The SMILES string of the molecule is CON(C)C(=O)C[C@@H](c1ccccc1)[C@](C)(OC(=O)N(C(C)C)C(C)C)c1ccccc1. The molecule has 0 radical (unpaired) electrons. The van der Waals surface area contributed by atoms with Crippen molar-refractivity contribution in [2.45, 2.75) is 64.6 Å². The topological polar surface area (TPSA) is 59.1 Å². The number of carbonyl (C=O) groups is 2. The van der Waals surface area contributed by atoms with Gasteiger partial charge >= 0.3 is 6.09 Å². The molecule has 174 valence electrons. The molecule has 0 saturated carbocycles. The molecule has 2 amide bonds. The van der Waals surface area contributed by atoms with Gasteiger partial charge in [-0.15, -0.1) is 0 Å². The molecule has 0 aromatic heterocycles. The Hall–Kier alpha value is -2.86. The molecule has 0 fully saturated rings. The summed E-state index contributed by atoms with van der Waals surface area (Å²) in [5.74, 6) is -0.634. The molecule has 0 heterocycles. The summed E-state index contributed by atoms with van der Waals surface area (Å²) in [6.07, 6.45) is -0.300. The third kappa shape index (κ3) is 5.88. The minimum absolute atomic E-state index is 0.0287. The number of amides is 2. The zero-order valence-electron chi connectivity index (χ0n) is 20.2. The van der Waals surface area contributed by atoms with Crippen LogP contribution in [0.25, 0.3) is 0 Å². The fourth-order valence-electron chi connectivity index (χ4n) is 4.07. The molecule has 0 bridgehead atoms. The summed E-state index contributed by atoms with van der Waals surface area (Å²) < 4.78 is 6.32. The summed E-state index contributed by atoms with van der Waals surface area (Å²) in [7, 11) is 3.03. The first-order valence-electron chi connectivity index (χ1n) is 11.0. The average Bonchev–Trinajstić information content (AvgIpc) is 2.77. The molecule has 0 saturated heterocycles. The Balaban J connectivity index is 2.60. The Morgan fingerprint density at radius 3 is 1.88 bits per heavy atom. The van der Waals surface area contributed by atoms with E-state index in [1.54, 1.807) is 11.9 Å². The van der Waals surface area contributed by atoms with E-state index in [9.17, 15) is 9.59 Å². The minimum atomic E-state index is -1.09. The van der Waals surface area contributed by atoms with Gasteiger partial charge in [0.25, 0.3) is 0 Å². The van der Waals surface area contributed by atoms with Gasteiger partial charge in [0.05, 0.1) is 7.11 Å². The number of benzene rings is 2. The zero-order valence-corrected chi connectivity index (χ0v) is 20.2. The van der Waals surface area contributed by atoms with Crippen molar-refractivity contribution in [3.05, 3.63) is 71.8 Å². The number of rotatable bonds is 9. The molecular weight excluding hydrogens is 404 g/mol. The lowest BCUT2D eigenvalue weighted by Gasteiger charge is -2.41. The number of nitrogens with zero attached hydrogens (tertiary/aromatic N) is 2. The van der Waals surface area contributed by atoms with E-state index in [0.717, 1.165) is 11.1 Å². The monoisotopic (exact) mass is 440 g/mol. The van der Waals surface area contributed by atoms with Gasteiger partial charge < -0.3 is 9.64 Å². The first kappa shape index (κ1) is 25.4. The lowest BCUT2D eigenvalue weighted by molar-refractivity contribution is -0.170. The van der Waals surface area contributed by atoms with Crippen molar-refractivity contribution in [2.24, 2.45) is 0 Å². The predicted octanol–water partition coefficient (Wildman–Crippen LogP) is 5.35. The molecule has 6 nitrogen and oxygen atoms in total. The van der Waals surface area contributed by atoms with Crippen molar-refractivity contribution in [3.8, 4) is 0 Å². The summed E-state index contributed by atoms with van der Waals surface area (Å²) in [5.41, 5.74) is 0.638. The van der Waals surface area contributed by atoms with Crippen LogP contribution < -0.4 is 0 Å². The first-order valence-corrected chi connectivity index (χ1v) is 11.0. The van der Waals surface area contributed by atoms with Crippen LogP contribution in [0, 0.1) is 0 Å². The van der Waals surface area contributed by atoms with Crippen molar-refractivity contribution >= 4 is 12.0 Å². The van der Waals surface area contributed by atoms with Gasteiger partial charge in [0.2, 0.25) is 5.91 Å². The lowest BCUT2D eigenvalue weighted by Crippen LogP contribution is -2.47. The van der Waals surface area contributed by atoms with Crippen LogP contribution in [0.5, 0.6) is 0 Å². The molecule has 6 heteroatoms. The van der Waals surface area contributed by atoms with Gasteiger partial charge in [0, 0.05) is 31.5 Å². The van der Waals surface area contributed by atoms with E-state index < -0.39 is 17.6 Å². The van der Waals surface area contributed by atoms with Crippen LogP contribution in [0.2, 0.25) is 0 Å². The zero-order chi connectivity index (χ0) is 23.9. The molecule has 0 aliphatic rings. The number of hydroxylamine groups is 2. The van der Waals surface area contributed by atoms with E-state index >= 15 is 0 Å². The van der Waals surface area contributed by atoms with E-state index in [1.807, 2.05) is 95.3 Å². The molecule has 0 N–H and O–H groups in total. The molecular formula is C26H36N2O4. The molecule has 0 aliphatic carbocycles. The largest absolute Gasteiger partial charge is 0.438 e. The van der Waals surface area contributed by atoms with Crippen LogP contribution in [-0.4, -0.2) is 48.2 Å². The van der Waals surface area contributed by atoms with E-state index in [-0.39, 0.29) is 24.4 Å². The maximum atomic E-state index is 13.4. The molecule has 0 aliphatic heterocycles. The smallest absolute Gasteiger partial charge is 0.411 e. The van der Waals surface area contributed by atoms with Gasteiger partial charge in [-0.25, -0.2) is 9.86 Å². The molecule has 0 spiro atoms. The first-order chi connectivity index (χ1) is 15.1. The van der Waals surface area contributed by atoms with Gasteiger partial charge in [0.15, 0.2) is 0 Å². The maximum Gasteiger partial charge on any atom is 0.411 e. The third-order valence-corrected chi connectivity index (χ3v) is 5.84. The summed E-state index contributed by atoms with van der Waals surface area (Å²) in [4.78, 5) is 33.2. The third-order valence-electron chi connectivity index (χ3n) is 5.84. The highest BCUT2D eigenvalue weighted by Crippen LogP contribution is 2.43. The van der Waals surface area contributed by atoms with Gasteiger partial charge in [0.1, 0.15) is 5.60 Å². The van der Waals surface area contributed by atoms with Crippen LogP contribution in [-0.2, 0) is 20.0 Å². The summed E-state index contributed by atoms with van der Waals surface area (Å²) >= 11 is 0. The normalized spacial score (nSPS) is 14.0. The predicted molar refractivity (Wildman–Crippen MR) is 126 cm³/mol. The highest BCUT2D eigenvalue weighted by Gasteiger charge is 2.43. The minimum Gasteiger partial charge on any atom is -0.438 e. The van der Waals surface area contributed by atoms with Crippen LogP contribution in [0.3, 0.4) is 0 Å². The molecule has 2 aromatic carbocycles. The van der Waals surface area contributed by atoms with Gasteiger partial charge in [-0.2, -0.15) is 0 Å². The summed E-state index contributed by atoms with van der Waals surface area (Å²) in [6.45, 7) is 9.75. The molecule has 2 atom stereocenters. The Morgan fingerprint density at radius 2 is 1.41 bits per heavy atom. The lowest BCUT2D eigenvalue weighted by atomic mass is 9.76. The fourth-order valence-corrected chi connectivity index (χ4v) is 4.07. The van der Waals surface area contributed by atoms with Gasteiger partial charge in [-0.1, -0.05) is 60.7 Å². The van der Waals surface area contributed by atoms with Crippen molar-refractivity contribution in [3.63, 3.8) is 0 Å². The fraction of sp³-hybridized carbons (Fsp3) is 0.462. The quantitative estimate of drug-likeness (QED) is 0.493. The molecule has 2 rings (SSSR count). The van der Waals surface area contributed by atoms with Crippen LogP contribution in [0.1, 0.15) is 58.1 Å². The van der Waals surface area contributed by atoms with Crippen molar-refractivity contribution < 1.29 is 19.2 Å². The van der Waals surface area contributed by atoms with Gasteiger partial charge in [-0.05, 0) is 45.7 Å². The molecule has 0 unspecified atom stereocenters. The molecule has 32 heavy (non-hydrogen) atoms. The maximum absolute atomic E-state index is 13.4. The Kier molecular flexibility index (Phi) is 8.84. The Morgan fingerprint density at radius 1 is 0.906 bits per heavy atom. The van der Waals surface area contributed by atoms with E-state index in [1.165, 1.54) is 12.2 Å². The second-order valence-corrected chi connectivity index (χ2v) is 8.68. The highest BCUT2D eigenvalue weighted by atomic mass is 16.7. The van der Waals surface area contributed by atoms with Crippen LogP contribution >= 0.6 is 0 Å². The Labute approximate surface area is 192 Å². The molecule has 2 aromatic rings.